The van der Waals surface area contributed by atoms with E-state index in [0.717, 1.165) is 19.3 Å². The lowest BCUT2D eigenvalue weighted by Crippen LogP contribution is -2.59. The van der Waals surface area contributed by atoms with Crippen molar-refractivity contribution in [1.82, 2.24) is 0 Å². The number of ketones is 2. The van der Waals surface area contributed by atoms with E-state index in [-0.39, 0.29) is 46.4 Å². The molecule has 0 amide bonds. The number of fused-ring (bicyclic) bond motifs is 5. The molecule has 6 atom stereocenters. The average molecular weight is 469 g/mol. The van der Waals surface area contributed by atoms with Gasteiger partial charge < -0.3 is 9.15 Å². The van der Waals surface area contributed by atoms with E-state index in [1.54, 1.807) is 24.3 Å². The lowest BCUT2D eigenvalue weighted by atomic mass is 9.51. The van der Waals surface area contributed by atoms with Crippen LogP contribution in [0, 0.1) is 28.6 Å². The van der Waals surface area contributed by atoms with Gasteiger partial charge >= 0.3 is 5.97 Å². The number of carbonyl (C=O) groups is 3. The maximum absolute atomic E-state index is 13.5. The molecule has 0 bridgehead atoms. The number of hydrogen-bond donors (Lipinski definition) is 0. The molecule has 5 nitrogen and oxygen atoms in total. The van der Waals surface area contributed by atoms with Crippen LogP contribution in [0.2, 0.25) is 0 Å². The zero-order valence-corrected chi connectivity index (χ0v) is 20.0. The summed E-state index contributed by atoms with van der Waals surface area (Å²) in [7, 11) is 0. The summed E-state index contributed by atoms with van der Waals surface area (Å²) in [6.45, 7) is 6.27. The molecule has 4 aliphatic carbocycles. The molecule has 6 unspecified atom stereocenters. The number of carbonyl (C=O) groups excluding carboxylic acids is 3. The van der Waals surface area contributed by atoms with Crippen molar-refractivity contribution in [3.05, 3.63) is 59.6 Å². The molecule has 0 radical (unpaired) electrons. The molecule has 0 saturated heterocycles. The van der Waals surface area contributed by atoms with Crippen LogP contribution in [-0.2, 0) is 14.3 Å². The Bertz CT molecular complexity index is 1110. The maximum atomic E-state index is 13.5. The van der Waals surface area contributed by atoms with E-state index in [2.05, 4.69) is 19.9 Å². The van der Waals surface area contributed by atoms with Gasteiger partial charge in [0.25, 0.3) is 0 Å². The number of esters is 1. The van der Waals surface area contributed by atoms with Crippen molar-refractivity contribution in [3.8, 4) is 0 Å². The number of Topliss-reactive ketones (excluding diaryl/α,β-unsaturated/α-hetero) is 1. The van der Waals surface area contributed by atoms with Crippen molar-refractivity contribution < 1.29 is 23.5 Å². The van der Waals surface area contributed by atoms with Gasteiger partial charge in [-0.2, -0.15) is 0 Å². The minimum atomic E-state index is -1.32. The molecule has 2 saturated carbocycles. The second kappa shape index (κ2) is 7.56. The highest BCUT2D eigenvalue weighted by Gasteiger charge is 2.70. The lowest BCUT2D eigenvalue weighted by Gasteiger charge is -2.54. The summed E-state index contributed by atoms with van der Waals surface area (Å²) in [6.07, 6.45) is 12.3. The standard InChI is InChI=1S/C27H29ClO5/c1-16-13-21-19-7-6-17-14-18(29)8-10-25(17,2)20(19)9-11-26(21,3)27(16,23(30)15-28)33-24(31)22-5-4-12-32-22/h4-5,8-10,12,14,16,19,21H,6-7,11,13,15H2,1-3H3. The Hall–Kier alpha value is -2.40. The second-order valence-corrected chi connectivity index (χ2v) is 10.7. The number of ether oxygens (including phenoxy) is 1. The van der Waals surface area contributed by atoms with E-state index in [0.29, 0.717) is 6.42 Å². The van der Waals surface area contributed by atoms with Crippen molar-refractivity contribution in [1.29, 1.82) is 0 Å². The van der Waals surface area contributed by atoms with E-state index in [9.17, 15) is 14.4 Å². The Kier molecular flexibility index (Phi) is 5.13. The van der Waals surface area contributed by atoms with Crippen LogP contribution in [-0.4, -0.2) is 29.0 Å². The third kappa shape index (κ3) is 2.94. The Morgan fingerprint density at radius 2 is 2.09 bits per heavy atom. The van der Waals surface area contributed by atoms with Gasteiger partial charge in [0.05, 0.1) is 12.1 Å². The van der Waals surface area contributed by atoms with Gasteiger partial charge in [-0.1, -0.05) is 37.1 Å². The van der Waals surface area contributed by atoms with E-state index in [4.69, 9.17) is 20.8 Å². The van der Waals surface area contributed by atoms with Crippen LogP contribution >= 0.6 is 11.6 Å². The van der Waals surface area contributed by atoms with Crippen molar-refractivity contribution in [2.24, 2.45) is 28.6 Å². The number of rotatable bonds is 4. The summed E-state index contributed by atoms with van der Waals surface area (Å²) < 4.78 is 11.4. The molecule has 2 fully saturated rings. The molecule has 4 aliphatic rings. The van der Waals surface area contributed by atoms with Crippen molar-refractivity contribution in [3.63, 3.8) is 0 Å². The normalized spacial score (nSPS) is 39.2. The first-order valence-corrected chi connectivity index (χ1v) is 12.2. The van der Waals surface area contributed by atoms with Crippen LogP contribution in [0.15, 0.2) is 58.3 Å². The van der Waals surface area contributed by atoms with Crippen LogP contribution in [0.25, 0.3) is 0 Å². The Balaban J connectivity index is 1.59. The predicted molar refractivity (Wildman–Crippen MR) is 124 cm³/mol. The van der Waals surface area contributed by atoms with Crippen LogP contribution in [0.1, 0.15) is 57.0 Å². The first kappa shape index (κ1) is 22.4. The number of alkyl halides is 1. The molecular weight excluding hydrogens is 440 g/mol. The van der Waals surface area contributed by atoms with Gasteiger partial charge in [-0.3, -0.25) is 9.59 Å². The highest BCUT2D eigenvalue weighted by Crippen LogP contribution is 2.67. The van der Waals surface area contributed by atoms with Crippen molar-refractivity contribution >= 4 is 29.1 Å². The molecule has 5 rings (SSSR count). The molecule has 0 aromatic carbocycles. The topological polar surface area (TPSA) is 73.6 Å². The van der Waals surface area contributed by atoms with E-state index in [1.807, 2.05) is 13.0 Å². The van der Waals surface area contributed by atoms with E-state index >= 15 is 0 Å². The van der Waals surface area contributed by atoms with Gasteiger partial charge in [0.15, 0.2) is 17.2 Å². The lowest BCUT2D eigenvalue weighted by molar-refractivity contribution is -0.158. The fraction of sp³-hybridized carbons (Fsp3) is 0.519. The molecular formula is C27H29ClO5. The zero-order chi connectivity index (χ0) is 23.6. The Morgan fingerprint density at radius 3 is 2.79 bits per heavy atom. The van der Waals surface area contributed by atoms with E-state index < -0.39 is 17.0 Å². The summed E-state index contributed by atoms with van der Waals surface area (Å²) in [5.74, 6) is -0.728. The minimum absolute atomic E-state index is 0.0493. The molecule has 0 spiro atoms. The maximum Gasteiger partial charge on any atom is 0.375 e. The van der Waals surface area contributed by atoms with Gasteiger partial charge in [0, 0.05) is 16.7 Å². The third-order valence-corrected chi connectivity index (χ3v) is 9.24. The molecule has 1 aromatic heterocycles. The van der Waals surface area contributed by atoms with Crippen LogP contribution < -0.4 is 0 Å². The average Bonchev–Trinajstić information content (AvgIpc) is 3.40. The quantitative estimate of drug-likeness (QED) is 0.333. The fourth-order valence-electron chi connectivity index (χ4n) is 7.41. The molecule has 0 aliphatic heterocycles. The van der Waals surface area contributed by atoms with Gasteiger partial charge in [-0.05, 0) is 68.7 Å². The van der Waals surface area contributed by atoms with Gasteiger partial charge in [0.1, 0.15) is 0 Å². The van der Waals surface area contributed by atoms with Crippen LogP contribution in [0.4, 0.5) is 0 Å². The Labute approximate surface area is 198 Å². The first-order chi connectivity index (χ1) is 15.7. The van der Waals surface area contributed by atoms with Gasteiger partial charge in [-0.25, -0.2) is 4.79 Å². The number of halogens is 1. The number of hydrogen-bond acceptors (Lipinski definition) is 5. The largest absolute Gasteiger partial charge is 0.457 e. The smallest absolute Gasteiger partial charge is 0.375 e. The molecule has 1 heterocycles. The number of allylic oxidation sites excluding steroid dienone is 6. The molecule has 1 aromatic rings. The van der Waals surface area contributed by atoms with Crippen LogP contribution in [0.5, 0.6) is 0 Å². The SMILES string of the molecule is CC1CC2C3CCC4=CC(=O)C=CC4(C)C3=CCC2(C)C1(OC(=O)c1ccco1)C(=O)CCl. The summed E-state index contributed by atoms with van der Waals surface area (Å²) in [5, 5.41) is 0. The summed E-state index contributed by atoms with van der Waals surface area (Å²) in [5.41, 5.74) is 0.319. The van der Waals surface area contributed by atoms with Crippen molar-refractivity contribution in [2.45, 2.75) is 52.1 Å². The zero-order valence-electron chi connectivity index (χ0n) is 19.2. The minimum Gasteiger partial charge on any atom is -0.457 e. The fourth-order valence-corrected chi connectivity index (χ4v) is 7.61. The van der Waals surface area contributed by atoms with E-state index in [1.165, 1.54) is 17.4 Å². The highest BCUT2D eigenvalue weighted by atomic mass is 35.5. The third-order valence-electron chi connectivity index (χ3n) is 9.00. The molecule has 33 heavy (non-hydrogen) atoms. The summed E-state index contributed by atoms with van der Waals surface area (Å²) >= 11 is 6.12. The molecule has 174 valence electrons. The predicted octanol–water partition coefficient (Wildman–Crippen LogP) is 5.46. The monoisotopic (exact) mass is 468 g/mol. The Morgan fingerprint density at radius 1 is 1.30 bits per heavy atom. The van der Waals surface area contributed by atoms with Crippen molar-refractivity contribution in [2.75, 3.05) is 5.88 Å². The summed E-state index contributed by atoms with van der Waals surface area (Å²) in [6, 6.07) is 3.17. The molecule has 6 heteroatoms. The molecule has 0 N–H and O–H groups in total. The summed E-state index contributed by atoms with van der Waals surface area (Å²) in [4.78, 5) is 38.5. The second-order valence-electron chi connectivity index (χ2n) is 10.4. The van der Waals surface area contributed by atoms with Gasteiger partial charge in [0.2, 0.25) is 5.76 Å². The van der Waals surface area contributed by atoms with Crippen LogP contribution in [0.3, 0.4) is 0 Å². The first-order valence-electron chi connectivity index (χ1n) is 11.7. The van der Waals surface area contributed by atoms with Gasteiger partial charge in [-0.15, -0.1) is 11.6 Å². The number of furan rings is 1. The highest BCUT2D eigenvalue weighted by molar-refractivity contribution is 6.29.